The molecule has 0 bridgehead atoms. The van der Waals surface area contributed by atoms with E-state index in [0.717, 1.165) is 12.0 Å². The van der Waals surface area contributed by atoms with Gasteiger partial charge in [-0.3, -0.25) is 9.36 Å². The molecule has 0 saturated heterocycles. The lowest BCUT2D eigenvalue weighted by molar-refractivity contribution is -0.139. The third-order valence-corrected chi connectivity index (χ3v) is 8.10. The van der Waals surface area contributed by atoms with Crippen molar-refractivity contribution in [1.29, 1.82) is 0 Å². The molecule has 2 aromatic carbocycles. The molecule has 1 aliphatic heterocycles. The number of esters is 2. The van der Waals surface area contributed by atoms with Crippen LogP contribution in [0.25, 0.3) is 17.4 Å². The van der Waals surface area contributed by atoms with E-state index in [0.29, 0.717) is 55.6 Å². The van der Waals surface area contributed by atoms with Gasteiger partial charge in [-0.2, -0.15) is 0 Å². The minimum atomic E-state index is -0.862. The van der Waals surface area contributed by atoms with Crippen molar-refractivity contribution in [3.63, 3.8) is 0 Å². The number of hydrogen-bond acceptors (Lipinski definition) is 10. The van der Waals surface area contributed by atoms with Crippen molar-refractivity contribution < 1.29 is 33.0 Å². The van der Waals surface area contributed by atoms with Gasteiger partial charge in [0.15, 0.2) is 4.80 Å². The van der Waals surface area contributed by atoms with E-state index in [1.165, 1.54) is 30.1 Å². The molecule has 4 aromatic rings. The predicted molar refractivity (Wildman–Crippen MR) is 165 cm³/mol. The fraction of sp³-hybridized carbons (Fsp3) is 0.273. The number of carbonyl (C=O) groups is 2. The van der Waals surface area contributed by atoms with Crippen LogP contribution in [-0.4, -0.2) is 44.4 Å². The van der Waals surface area contributed by atoms with Crippen molar-refractivity contribution in [3.05, 3.63) is 102 Å². The highest BCUT2D eigenvalue weighted by atomic mass is 32.1. The molecule has 0 unspecified atom stereocenters. The number of fused-ring (bicyclic) bond motifs is 1. The second-order valence-corrected chi connectivity index (χ2v) is 10.8. The van der Waals surface area contributed by atoms with Crippen LogP contribution >= 0.6 is 11.3 Å². The minimum absolute atomic E-state index is 0.167. The number of aromatic nitrogens is 1. The molecule has 1 aliphatic rings. The normalized spacial score (nSPS) is 14.6. The maximum Gasteiger partial charge on any atom is 0.338 e. The Bertz CT molecular complexity index is 1910. The number of ether oxygens (including phenoxy) is 4. The Balaban J connectivity index is 1.66. The number of rotatable bonds is 10. The molecular weight excluding hydrogens is 584 g/mol. The molecule has 0 aliphatic carbocycles. The highest BCUT2D eigenvalue weighted by molar-refractivity contribution is 7.07. The number of methoxy groups -OCH3 is 3. The van der Waals surface area contributed by atoms with E-state index >= 15 is 0 Å². The van der Waals surface area contributed by atoms with E-state index in [1.807, 2.05) is 6.92 Å². The zero-order chi connectivity index (χ0) is 31.4. The summed E-state index contributed by atoms with van der Waals surface area (Å²) in [5.41, 5.74) is 2.26. The van der Waals surface area contributed by atoms with Gasteiger partial charge in [-0.05, 0) is 55.8 Å². The molecular formula is C33H32N2O8S. The summed E-state index contributed by atoms with van der Waals surface area (Å²) in [5, 5.41) is 0. The monoisotopic (exact) mass is 616 g/mol. The molecule has 5 rings (SSSR count). The molecule has 2 aromatic heterocycles. The Kier molecular flexibility index (Phi) is 9.15. The maximum absolute atomic E-state index is 14.1. The largest absolute Gasteiger partial charge is 0.497 e. The van der Waals surface area contributed by atoms with Crippen LogP contribution in [0.3, 0.4) is 0 Å². The van der Waals surface area contributed by atoms with Crippen molar-refractivity contribution in [2.45, 2.75) is 32.7 Å². The van der Waals surface area contributed by atoms with Crippen LogP contribution in [0.1, 0.15) is 54.4 Å². The Morgan fingerprint density at radius 3 is 2.43 bits per heavy atom. The quantitative estimate of drug-likeness (QED) is 0.237. The lowest BCUT2D eigenvalue weighted by atomic mass is 9.93. The van der Waals surface area contributed by atoms with Crippen LogP contribution in [-0.2, 0) is 14.3 Å². The van der Waals surface area contributed by atoms with Crippen LogP contribution in [0, 0.1) is 0 Å². The molecule has 44 heavy (non-hydrogen) atoms. The molecule has 0 amide bonds. The van der Waals surface area contributed by atoms with E-state index < -0.39 is 18.0 Å². The Morgan fingerprint density at radius 1 is 1.00 bits per heavy atom. The maximum atomic E-state index is 14.1. The summed E-state index contributed by atoms with van der Waals surface area (Å²) in [6, 6.07) is 14.8. The predicted octanol–water partition coefficient (Wildman–Crippen LogP) is 4.64. The van der Waals surface area contributed by atoms with Crippen LogP contribution in [0.4, 0.5) is 0 Å². The summed E-state index contributed by atoms with van der Waals surface area (Å²) >= 11 is 1.21. The number of allylic oxidation sites excluding steroid dienone is 1. The summed E-state index contributed by atoms with van der Waals surface area (Å²) in [4.78, 5) is 44.6. The van der Waals surface area contributed by atoms with Crippen LogP contribution < -0.4 is 24.4 Å². The van der Waals surface area contributed by atoms with Gasteiger partial charge in [-0.25, -0.2) is 14.6 Å². The lowest BCUT2D eigenvalue weighted by Gasteiger charge is -2.27. The molecule has 1 atom stereocenters. The Hall–Kier alpha value is -4.90. The van der Waals surface area contributed by atoms with Crippen LogP contribution in [0.5, 0.6) is 11.5 Å². The zero-order valence-electron chi connectivity index (χ0n) is 25.0. The van der Waals surface area contributed by atoms with Crippen LogP contribution in [0.2, 0.25) is 0 Å². The molecule has 0 saturated carbocycles. The third-order valence-electron chi connectivity index (χ3n) is 7.11. The van der Waals surface area contributed by atoms with Crippen molar-refractivity contribution in [3.8, 4) is 22.8 Å². The Labute approximate surface area is 257 Å². The number of carbonyl (C=O) groups excluding carboxylic acids is 2. The van der Waals surface area contributed by atoms with Gasteiger partial charge in [-0.1, -0.05) is 36.8 Å². The molecule has 0 N–H and O–H groups in total. The van der Waals surface area contributed by atoms with E-state index in [1.54, 1.807) is 74.7 Å². The standard InChI is InChI=1S/C33H32N2O8S/c1-6-8-24-28(32(38)42-7-2)29(23-17-21(39-3)13-16-26(23)40-4)35-30(36)27(44-33(35)34-24)18-22-14-15-25(43-22)19-9-11-20(12-10-19)31(37)41-5/h9-18,29H,6-8H2,1-5H3/b27-18-/t29-/m1/s1. The highest BCUT2D eigenvalue weighted by Crippen LogP contribution is 2.38. The molecule has 0 radical (unpaired) electrons. The van der Waals surface area contributed by atoms with Gasteiger partial charge in [0.1, 0.15) is 29.1 Å². The summed E-state index contributed by atoms with van der Waals surface area (Å²) in [5.74, 6) is 1.08. The van der Waals surface area contributed by atoms with Gasteiger partial charge in [0.25, 0.3) is 5.56 Å². The van der Waals surface area contributed by atoms with E-state index in [-0.39, 0.29) is 17.7 Å². The molecule has 3 heterocycles. The minimum Gasteiger partial charge on any atom is -0.497 e. The number of thiazole rings is 1. The fourth-order valence-corrected chi connectivity index (χ4v) is 6.07. The lowest BCUT2D eigenvalue weighted by Crippen LogP contribution is -2.40. The topological polar surface area (TPSA) is 119 Å². The zero-order valence-corrected chi connectivity index (χ0v) is 25.9. The smallest absolute Gasteiger partial charge is 0.338 e. The first-order chi connectivity index (χ1) is 21.3. The number of furan rings is 1. The first-order valence-electron chi connectivity index (χ1n) is 14.1. The van der Waals surface area contributed by atoms with E-state index in [4.69, 9.17) is 28.4 Å². The summed E-state index contributed by atoms with van der Waals surface area (Å²) < 4.78 is 29.4. The second kappa shape index (κ2) is 13.2. The first kappa shape index (κ1) is 30.6. The van der Waals surface area contributed by atoms with Gasteiger partial charge in [0.05, 0.1) is 49.3 Å². The first-order valence-corrected chi connectivity index (χ1v) is 14.9. The van der Waals surface area contributed by atoms with Crippen LogP contribution in [0.15, 0.2) is 80.1 Å². The van der Waals surface area contributed by atoms with Crippen molar-refractivity contribution in [2.75, 3.05) is 27.9 Å². The van der Waals surface area contributed by atoms with Crippen molar-refractivity contribution in [1.82, 2.24) is 4.57 Å². The summed E-state index contributed by atoms with van der Waals surface area (Å²) in [7, 11) is 4.41. The van der Waals surface area contributed by atoms with E-state index in [9.17, 15) is 14.4 Å². The second-order valence-electron chi connectivity index (χ2n) is 9.79. The van der Waals surface area contributed by atoms with Gasteiger partial charge in [0, 0.05) is 17.2 Å². The molecule has 10 nitrogen and oxygen atoms in total. The van der Waals surface area contributed by atoms with Gasteiger partial charge in [0.2, 0.25) is 0 Å². The molecule has 0 fully saturated rings. The highest BCUT2D eigenvalue weighted by Gasteiger charge is 2.36. The van der Waals surface area contributed by atoms with Crippen molar-refractivity contribution in [2.24, 2.45) is 4.99 Å². The van der Waals surface area contributed by atoms with Gasteiger partial charge < -0.3 is 23.4 Å². The number of hydrogen-bond donors (Lipinski definition) is 0. The Morgan fingerprint density at radius 2 is 1.77 bits per heavy atom. The van der Waals surface area contributed by atoms with E-state index in [2.05, 4.69) is 0 Å². The van der Waals surface area contributed by atoms with Gasteiger partial charge >= 0.3 is 11.9 Å². The summed E-state index contributed by atoms with van der Waals surface area (Å²) in [6.45, 7) is 3.90. The molecule has 11 heteroatoms. The third kappa shape index (κ3) is 5.83. The fourth-order valence-electron chi connectivity index (χ4n) is 5.07. The average molecular weight is 617 g/mol. The van der Waals surface area contributed by atoms with Crippen molar-refractivity contribution >= 4 is 29.4 Å². The van der Waals surface area contributed by atoms with Gasteiger partial charge in [-0.15, -0.1) is 0 Å². The summed E-state index contributed by atoms with van der Waals surface area (Å²) in [6.07, 6.45) is 2.90. The number of nitrogens with zero attached hydrogens (tertiary/aromatic N) is 2. The number of benzene rings is 2. The average Bonchev–Trinajstić information content (AvgIpc) is 3.64. The molecule has 0 spiro atoms. The molecule has 228 valence electrons. The SMILES string of the molecule is CCCC1=C(C(=O)OCC)[C@@H](c2cc(OC)ccc2OC)n2c(s/c(=C\c3ccc(-c4ccc(C(=O)OC)cc4)o3)c2=O)=N1.